The van der Waals surface area contributed by atoms with Crippen LogP contribution in [-0.4, -0.2) is 13.5 Å². The van der Waals surface area contributed by atoms with Gasteiger partial charge >= 0.3 is 0 Å². The van der Waals surface area contributed by atoms with Crippen LogP contribution in [0.5, 0.6) is 0 Å². The molecule has 0 aromatic heterocycles. The van der Waals surface area contributed by atoms with E-state index >= 15 is 0 Å². The summed E-state index contributed by atoms with van der Waals surface area (Å²) in [6.07, 6.45) is 4.23. The fourth-order valence-corrected chi connectivity index (χ4v) is 3.08. The maximum absolute atomic E-state index is 11.9. The van der Waals surface area contributed by atoms with Gasteiger partial charge in [0, 0.05) is 0 Å². The average molecular weight is 285 g/mol. The molecule has 1 aromatic carbocycles. The summed E-state index contributed by atoms with van der Waals surface area (Å²) in [5.74, 6) is 0. The number of hydrogen-bond acceptors (Lipinski definition) is 3. The van der Waals surface area contributed by atoms with Gasteiger partial charge in [-0.15, -0.1) is 4.83 Å². The second-order valence-corrected chi connectivity index (χ2v) is 6.35. The van der Waals surface area contributed by atoms with Crippen molar-refractivity contribution in [3.63, 3.8) is 0 Å². The molecule has 0 fully saturated rings. The number of hydrazine groups is 1. The summed E-state index contributed by atoms with van der Waals surface area (Å²) in [6, 6.07) is 5.20. The summed E-state index contributed by atoms with van der Waals surface area (Å²) in [6.45, 7) is 0. The van der Waals surface area contributed by atoms with Crippen LogP contribution in [-0.2, 0) is 22.9 Å². The second-order valence-electron chi connectivity index (χ2n) is 4.23. The molecule has 0 bridgehead atoms. The van der Waals surface area contributed by atoms with E-state index in [-0.39, 0.29) is 10.0 Å². The van der Waals surface area contributed by atoms with Crippen molar-refractivity contribution in [3.8, 4) is 0 Å². The highest BCUT2D eigenvalue weighted by atomic mass is 32.2. The lowest BCUT2D eigenvalue weighted by Gasteiger charge is -2.16. The van der Waals surface area contributed by atoms with Gasteiger partial charge in [0.05, 0.1) is 4.90 Å². The predicted octanol–water partition coefficient (Wildman–Crippen LogP) is 0.592. The van der Waals surface area contributed by atoms with Crippen LogP contribution >= 0.6 is 12.2 Å². The number of rotatable bonds is 3. The number of sulfonamides is 1. The number of benzene rings is 1. The molecule has 98 valence electrons. The SMILES string of the molecule is NC(=S)NNS(=O)(=O)c1ccc2c(c1)CCCC2. The van der Waals surface area contributed by atoms with E-state index in [0.717, 1.165) is 24.8 Å². The summed E-state index contributed by atoms with van der Waals surface area (Å²) in [5, 5.41) is -0.114. The minimum atomic E-state index is -3.62. The van der Waals surface area contributed by atoms with Gasteiger partial charge < -0.3 is 5.73 Å². The lowest BCUT2D eigenvalue weighted by molar-refractivity contribution is 0.577. The Bertz CT molecular complexity index is 570. The number of nitrogens with one attached hydrogen (secondary N) is 2. The molecule has 0 aliphatic heterocycles. The van der Waals surface area contributed by atoms with Crippen molar-refractivity contribution >= 4 is 27.4 Å². The van der Waals surface area contributed by atoms with Crippen LogP contribution in [0.4, 0.5) is 0 Å². The Morgan fingerprint density at radius 1 is 1.22 bits per heavy atom. The fraction of sp³-hybridized carbons (Fsp3) is 0.364. The first-order chi connectivity index (χ1) is 8.49. The van der Waals surface area contributed by atoms with Gasteiger partial charge in [0.1, 0.15) is 0 Å². The molecule has 2 rings (SSSR count). The quantitative estimate of drug-likeness (QED) is 0.559. The maximum atomic E-state index is 11.9. The van der Waals surface area contributed by atoms with Gasteiger partial charge in [0.25, 0.3) is 10.0 Å². The van der Waals surface area contributed by atoms with Crippen LogP contribution in [0.1, 0.15) is 24.0 Å². The Morgan fingerprint density at radius 2 is 1.89 bits per heavy atom. The number of hydrogen-bond donors (Lipinski definition) is 3. The minimum absolute atomic E-state index is 0.114. The minimum Gasteiger partial charge on any atom is -0.375 e. The normalized spacial score (nSPS) is 14.9. The first-order valence-electron chi connectivity index (χ1n) is 5.68. The largest absolute Gasteiger partial charge is 0.375 e. The van der Waals surface area contributed by atoms with Crippen molar-refractivity contribution in [2.24, 2.45) is 5.73 Å². The molecule has 0 unspecified atom stereocenters. The van der Waals surface area contributed by atoms with Crippen LogP contribution in [0.15, 0.2) is 23.1 Å². The Kier molecular flexibility index (Phi) is 3.84. The van der Waals surface area contributed by atoms with Gasteiger partial charge in [-0.2, -0.15) is 0 Å². The van der Waals surface area contributed by atoms with E-state index in [0.29, 0.717) is 0 Å². The average Bonchev–Trinajstić information content (AvgIpc) is 2.36. The van der Waals surface area contributed by atoms with E-state index in [2.05, 4.69) is 22.5 Å². The smallest absolute Gasteiger partial charge is 0.257 e. The fourth-order valence-electron chi connectivity index (χ4n) is 2.05. The molecular formula is C11H15N3O2S2. The van der Waals surface area contributed by atoms with Crippen molar-refractivity contribution in [2.75, 3.05) is 0 Å². The lowest BCUT2D eigenvalue weighted by atomic mass is 9.92. The van der Waals surface area contributed by atoms with Crippen LogP contribution < -0.4 is 16.0 Å². The molecule has 0 spiro atoms. The van der Waals surface area contributed by atoms with Gasteiger partial charge in [-0.1, -0.05) is 6.07 Å². The third-order valence-electron chi connectivity index (χ3n) is 2.94. The first-order valence-corrected chi connectivity index (χ1v) is 7.57. The van der Waals surface area contributed by atoms with Gasteiger partial charge in [-0.3, -0.25) is 5.43 Å². The van der Waals surface area contributed by atoms with Crippen LogP contribution in [0, 0.1) is 0 Å². The molecular weight excluding hydrogens is 270 g/mol. The van der Waals surface area contributed by atoms with Gasteiger partial charge in [-0.05, 0) is 61.2 Å². The molecule has 0 heterocycles. The van der Waals surface area contributed by atoms with Crippen molar-refractivity contribution in [1.82, 2.24) is 10.3 Å². The summed E-state index contributed by atoms with van der Waals surface area (Å²) in [4.78, 5) is 2.37. The number of aryl methyl sites for hydroxylation is 2. The van der Waals surface area contributed by atoms with Crippen LogP contribution in [0.2, 0.25) is 0 Å². The van der Waals surface area contributed by atoms with E-state index in [1.165, 1.54) is 12.0 Å². The standard InChI is InChI=1S/C11H15N3O2S2/c12-11(17)13-14-18(15,16)10-6-5-8-3-1-2-4-9(8)7-10/h5-7,14H,1-4H2,(H3,12,13,17). The Labute approximate surface area is 112 Å². The molecule has 5 nitrogen and oxygen atoms in total. The van der Waals surface area contributed by atoms with Crippen molar-refractivity contribution in [3.05, 3.63) is 29.3 Å². The molecule has 1 aliphatic rings. The van der Waals surface area contributed by atoms with E-state index in [1.807, 2.05) is 6.07 Å². The van der Waals surface area contributed by atoms with E-state index in [4.69, 9.17) is 5.73 Å². The molecule has 7 heteroatoms. The van der Waals surface area contributed by atoms with Gasteiger partial charge in [-0.25, -0.2) is 8.42 Å². The molecule has 0 radical (unpaired) electrons. The van der Waals surface area contributed by atoms with Gasteiger partial charge in [0.2, 0.25) is 0 Å². The topological polar surface area (TPSA) is 84.2 Å². The van der Waals surface area contributed by atoms with Crippen LogP contribution in [0.3, 0.4) is 0 Å². The third-order valence-corrected chi connectivity index (χ3v) is 4.29. The molecule has 0 amide bonds. The Hall–Kier alpha value is -1.18. The second kappa shape index (κ2) is 5.21. The zero-order chi connectivity index (χ0) is 13.2. The highest BCUT2D eigenvalue weighted by Gasteiger charge is 2.17. The molecule has 18 heavy (non-hydrogen) atoms. The zero-order valence-electron chi connectivity index (χ0n) is 9.77. The number of fused-ring (bicyclic) bond motifs is 1. The molecule has 0 saturated heterocycles. The summed E-state index contributed by atoms with van der Waals surface area (Å²) >= 11 is 4.55. The van der Waals surface area contributed by atoms with Crippen molar-refractivity contribution < 1.29 is 8.42 Å². The summed E-state index contributed by atoms with van der Waals surface area (Å²) in [7, 11) is -3.62. The maximum Gasteiger partial charge on any atom is 0.257 e. The monoisotopic (exact) mass is 285 g/mol. The highest BCUT2D eigenvalue weighted by molar-refractivity contribution is 7.89. The molecule has 1 aromatic rings. The predicted molar refractivity (Wildman–Crippen MR) is 73.3 cm³/mol. The summed E-state index contributed by atoms with van der Waals surface area (Å²) in [5.41, 5.74) is 9.77. The molecule has 0 saturated carbocycles. The van der Waals surface area contributed by atoms with Crippen molar-refractivity contribution in [1.29, 1.82) is 0 Å². The molecule has 1 aliphatic carbocycles. The zero-order valence-corrected chi connectivity index (χ0v) is 11.4. The summed E-state index contributed by atoms with van der Waals surface area (Å²) < 4.78 is 23.9. The van der Waals surface area contributed by atoms with E-state index in [1.54, 1.807) is 12.1 Å². The Morgan fingerprint density at radius 3 is 2.56 bits per heavy atom. The number of thiocarbonyl (C=S) groups is 1. The third kappa shape index (κ3) is 2.98. The number of nitrogens with two attached hydrogens (primary N) is 1. The van der Waals surface area contributed by atoms with E-state index < -0.39 is 10.0 Å². The highest BCUT2D eigenvalue weighted by Crippen LogP contribution is 2.23. The van der Waals surface area contributed by atoms with Gasteiger partial charge in [0.15, 0.2) is 5.11 Å². The van der Waals surface area contributed by atoms with Crippen molar-refractivity contribution in [2.45, 2.75) is 30.6 Å². The lowest BCUT2D eigenvalue weighted by Crippen LogP contribution is -2.44. The molecule has 4 N–H and O–H groups in total. The molecule has 0 atom stereocenters. The van der Waals surface area contributed by atoms with Crippen LogP contribution in [0.25, 0.3) is 0 Å². The van der Waals surface area contributed by atoms with E-state index in [9.17, 15) is 8.42 Å². The Balaban J connectivity index is 2.25. The first kappa shape index (κ1) is 13.3.